The molecule has 0 saturated heterocycles. The molecule has 2 aliphatic rings. The van der Waals surface area contributed by atoms with Crippen LogP contribution in [0.5, 0.6) is 0 Å². The van der Waals surface area contributed by atoms with Crippen molar-refractivity contribution in [2.24, 2.45) is 11.8 Å². The van der Waals surface area contributed by atoms with Crippen LogP contribution >= 0.6 is 0 Å². The molecule has 2 saturated carbocycles. The number of hydrogen-bond donors (Lipinski definition) is 3. The first-order valence-corrected chi connectivity index (χ1v) is 9.82. The average molecular weight is 352 g/mol. The molecule has 0 aromatic carbocycles. The molecular formula is C19H32N2O4. The summed E-state index contributed by atoms with van der Waals surface area (Å²) in [4.78, 5) is 35.4. The zero-order valence-electron chi connectivity index (χ0n) is 15.3. The highest BCUT2D eigenvalue weighted by atomic mass is 16.4. The Balaban J connectivity index is 1.69. The topological polar surface area (TPSA) is 95.5 Å². The molecule has 142 valence electrons. The van der Waals surface area contributed by atoms with E-state index in [1.54, 1.807) is 6.92 Å². The van der Waals surface area contributed by atoms with E-state index < -0.39 is 12.0 Å². The molecule has 0 heterocycles. The lowest BCUT2D eigenvalue weighted by Gasteiger charge is -2.30. The van der Waals surface area contributed by atoms with E-state index in [2.05, 4.69) is 10.6 Å². The van der Waals surface area contributed by atoms with E-state index >= 15 is 0 Å². The van der Waals surface area contributed by atoms with E-state index in [1.807, 2.05) is 0 Å². The van der Waals surface area contributed by atoms with Gasteiger partial charge < -0.3 is 15.7 Å². The van der Waals surface area contributed by atoms with Crippen molar-refractivity contribution >= 4 is 17.8 Å². The first-order valence-electron chi connectivity index (χ1n) is 9.82. The van der Waals surface area contributed by atoms with Crippen LogP contribution < -0.4 is 10.6 Å². The molecule has 0 bridgehead atoms. The molecular weight excluding hydrogens is 320 g/mol. The van der Waals surface area contributed by atoms with Gasteiger partial charge in [0.1, 0.15) is 6.04 Å². The Morgan fingerprint density at radius 1 is 1.00 bits per heavy atom. The van der Waals surface area contributed by atoms with Gasteiger partial charge >= 0.3 is 5.97 Å². The number of carbonyl (C=O) groups excluding carboxylic acids is 2. The molecule has 1 unspecified atom stereocenters. The molecule has 0 aliphatic heterocycles. The van der Waals surface area contributed by atoms with E-state index in [0.29, 0.717) is 31.6 Å². The monoisotopic (exact) mass is 352 g/mol. The standard InChI is InChI=1S/C19H32N2O4/c1-2-16(19(24)25)21-18(23)14-8-10-15(11-9-14)20-17(22)12-13-6-4-3-5-7-13/h13-16H,2-12H2,1H3,(H,20,22)(H,21,23)(H,24,25). The van der Waals surface area contributed by atoms with Gasteiger partial charge in [0.25, 0.3) is 0 Å². The van der Waals surface area contributed by atoms with Crippen LogP contribution in [-0.4, -0.2) is 35.0 Å². The van der Waals surface area contributed by atoms with E-state index in [9.17, 15) is 14.4 Å². The van der Waals surface area contributed by atoms with Gasteiger partial charge in [-0.15, -0.1) is 0 Å². The normalized spacial score (nSPS) is 25.8. The molecule has 0 aromatic heterocycles. The fraction of sp³-hybridized carbons (Fsp3) is 0.842. The number of aliphatic carboxylic acids is 1. The van der Waals surface area contributed by atoms with Crippen LogP contribution in [0.2, 0.25) is 0 Å². The molecule has 0 radical (unpaired) electrons. The number of nitrogens with one attached hydrogen (secondary N) is 2. The van der Waals surface area contributed by atoms with E-state index in [0.717, 1.165) is 12.8 Å². The first kappa shape index (κ1) is 19.7. The summed E-state index contributed by atoms with van der Waals surface area (Å²) < 4.78 is 0. The zero-order valence-corrected chi connectivity index (χ0v) is 15.3. The second kappa shape index (κ2) is 9.78. The van der Waals surface area contributed by atoms with Crippen molar-refractivity contribution in [3.63, 3.8) is 0 Å². The lowest BCUT2D eigenvalue weighted by atomic mass is 9.84. The third-order valence-electron chi connectivity index (χ3n) is 5.68. The van der Waals surface area contributed by atoms with Crippen LogP contribution in [0.4, 0.5) is 0 Å². The molecule has 25 heavy (non-hydrogen) atoms. The number of carbonyl (C=O) groups is 3. The summed E-state index contributed by atoms with van der Waals surface area (Å²) >= 11 is 0. The number of amides is 2. The maximum atomic E-state index is 12.2. The highest BCUT2D eigenvalue weighted by Crippen LogP contribution is 2.27. The zero-order chi connectivity index (χ0) is 18.2. The summed E-state index contributed by atoms with van der Waals surface area (Å²) in [5, 5.41) is 14.8. The number of carboxylic acid groups (broad SMARTS) is 1. The smallest absolute Gasteiger partial charge is 0.326 e. The van der Waals surface area contributed by atoms with Gasteiger partial charge in [0, 0.05) is 18.4 Å². The fourth-order valence-electron chi connectivity index (χ4n) is 4.07. The van der Waals surface area contributed by atoms with Crippen LogP contribution in [0.1, 0.15) is 77.6 Å². The summed E-state index contributed by atoms with van der Waals surface area (Å²) in [6.45, 7) is 1.75. The highest BCUT2D eigenvalue weighted by Gasteiger charge is 2.29. The maximum Gasteiger partial charge on any atom is 0.326 e. The predicted molar refractivity (Wildman–Crippen MR) is 94.9 cm³/mol. The molecule has 6 nitrogen and oxygen atoms in total. The molecule has 0 aromatic rings. The molecule has 2 fully saturated rings. The van der Waals surface area contributed by atoms with Crippen molar-refractivity contribution in [3.8, 4) is 0 Å². The first-order chi connectivity index (χ1) is 12.0. The van der Waals surface area contributed by atoms with Crippen LogP contribution in [0.3, 0.4) is 0 Å². The highest BCUT2D eigenvalue weighted by molar-refractivity contribution is 5.85. The van der Waals surface area contributed by atoms with Crippen molar-refractivity contribution in [2.45, 2.75) is 89.6 Å². The number of carboxylic acids is 1. The van der Waals surface area contributed by atoms with Crippen molar-refractivity contribution < 1.29 is 19.5 Å². The summed E-state index contributed by atoms with van der Waals surface area (Å²) in [5.74, 6) is -0.602. The van der Waals surface area contributed by atoms with Gasteiger partial charge in [-0.3, -0.25) is 9.59 Å². The number of rotatable bonds is 7. The third kappa shape index (κ3) is 6.33. The quantitative estimate of drug-likeness (QED) is 0.656. The van der Waals surface area contributed by atoms with Gasteiger partial charge in [0.15, 0.2) is 0 Å². The summed E-state index contributed by atoms with van der Waals surface area (Å²) in [6.07, 6.45) is 10.1. The Morgan fingerprint density at radius 3 is 2.20 bits per heavy atom. The fourth-order valence-corrected chi connectivity index (χ4v) is 4.07. The van der Waals surface area contributed by atoms with Crippen molar-refractivity contribution in [3.05, 3.63) is 0 Å². The summed E-state index contributed by atoms with van der Waals surface area (Å²) in [6, 6.07) is -0.651. The van der Waals surface area contributed by atoms with Gasteiger partial charge in [-0.1, -0.05) is 26.2 Å². The Bertz CT molecular complexity index is 466. The molecule has 1 atom stereocenters. The second-order valence-corrected chi connectivity index (χ2v) is 7.63. The lowest BCUT2D eigenvalue weighted by Crippen LogP contribution is -2.45. The Labute approximate surface area is 150 Å². The summed E-state index contributed by atoms with van der Waals surface area (Å²) in [7, 11) is 0. The minimum atomic E-state index is -0.987. The van der Waals surface area contributed by atoms with Gasteiger partial charge in [-0.25, -0.2) is 4.79 Å². The molecule has 2 aliphatic carbocycles. The summed E-state index contributed by atoms with van der Waals surface area (Å²) in [5.41, 5.74) is 0. The SMILES string of the molecule is CCC(NC(=O)C1CCC(NC(=O)CC2CCCCC2)CC1)C(=O)O. The van der Waals surface area contributed by atoms with Gasteiger partial charge in [-0.2, -0.15) is 0 Å². The molecule has 2 amide bonds. The predicted octanol–water partition coefficient (Wildman–Crippen LogP) is 2.61. The lowest BCUT2D eigenvalue weighted by molar-refractivity contribution is -0.142. The Hall–Kier alpha value is -1.59. The van der Waals surface area contributed by atoms with Crippen molar-refractivity contribution in [2.75, 3.05) is 0 Å². The molecule has 6 heteroatoms. The van der Waals surface area contributed by atoms with Gasteiger partial charge in [0.2, 0.25) is 11.8 Å². The van der Waals surface area contributed by atoms with Crippen LogP contribution in [-0.2, 0) is 14.4 Å². The van der Waals surface area contributed by atoms with Crippen molar-refractivity contribution in [1.82, 2.24) is 10.6 Å². The van der Waals surface area contributed by atoms with Gasteiger partial charge in [-0.05, 0) is 50.9 Å². The Kier molecular flexibility index (Phi) is 7.72. The largest absolute Gasteiger partial charge is 0.480 e. The van der Waals surface area contributed by atoms with E-state index in [-0.39, 0.29) is 23.8 Å². The average Bonchev–Trinajstić information content (AvgIpc) is 2.60. The minimum Gasteiger partial charge on any atom is -0.480 e. The second-order valence-electron chi connectivity index (χ2n) is 7.63. The van der Waals surface area contributed by atoms with Crippen molar-refractivity contribution in [1.29, 1.82) is 0 Å². The molecule has 3 N–H and O–H groups in total. The third-order valence-corrected chi connectivity index (χ3v) is 5.68. The van der Waals surface area contributed by atoms with Crippen LogP contribution in [0, 0.1) is 11.8 Å². The van der Waals surface area contributed by atoms with Crippen LogP contribution in [0.25, 0.3) is 0 Å². The molecule has 2 rings (SSSR count). The maximum absolute atomic E-state index is 12.2. The van der Waals surface area contributed by atoms with Crippen LogP contribution in [0.15, 0.2) is 0 Å². The van der Waals surface area contributed by atoms with E-state index in [4.69, 9.17) is 5.11 Å². The Morgan fingerprint density at radius 2 is 1.64 bits per heavy atom. The van der Waals surface area contributed by atoms with E-state index in [1.165, 1.54) is 32.1 Å². The number of hydrogen-bond acceptors (Lipinski definition) is 3. The minimum absolute atomic E-state index is 0.139. The molecule has 0 spiro atoms. The van der Waals surface area contributed by atoms with Gasteiger partial charge in [0.05, 0.1) is 0 Å².